The molecule has 0 atom stereocenters. The van der Waals surface area contributed by atoms with Gasteiger partial charge in [-0.25, -0.2) is 9.18 Å². The predicted molar refractivity (Wildman–Crippen MR) is 77.0 cm³/mol. The molecule has 20 heavy (non-hydrogen) atoms. The fraction of sp³-hybridized carbons (Fsp3) is 0.118. The van der Waals surface area contributed by atoms with Gasteiger partial charge in [0.2, 0.25) is 0 Å². The third kappa shape index (κ3) is 3.12. The van der Waals surface area contributed by atoms with Gasteiger partial charge in [-0.2, -0.15) is 0 Å². The molecule has 0 radical (unpaired) electrons. The van der Waals surface area contributed by atoms with Crippen molar-refractivity contribution in [1.29, 1.82) is 0 Å². The molecule has 2 rings (SSSR count). The van der Waals surface area contributed by atoms with Crippen LogP contribution in [0.4, 0.5) is 4.39 Å². The fourth-order valence-corrected chi connectivity index (χ4v) is 1.72. The summed E-state index contributed by atoms with van der Waals surface area (Å²) in [4.78, 5) is 11.4. The smallest absolute Gasteiger partial charge is 0.338 e. The molecule has 0 saturated heterocycles. The van der Waals surface area contributed by atoms with Crippen molar-refractivity contribution < 1.29 is 13.9 Å². The summed E-state index contributed by atoms with van der Waals surface area (Å²) in [5, 5.41) is 0. The Bertz CT molecular complexity index is 657. The number of aryl methyl sites for hydroxylation is 1. The van der Waals surface area contributed by atoms with E-state index in [4.69, 9.17) is 4.74 Å². The average Bonchev–Trinajstić information content (AvgIpc) is 2.40. The molecule has 102 valence electrons. The Morgan fingerprint density at radius 1 is 1.15 bits per heavy atom. The van der Waals surface area contributed by atoms with Crippen molar-refractivity contribution in [1.82, 2.24) is 0 Å². The first kappa shape index (κ1) is 14.0. The second-order valence-electron chi connectivity index (χ2n) is 4.68. The van der Waals surface area contributed by atoms with Gasteiger partial charge >= 0.3 is 5.97 Å². The lowest BCUT2D eigenvalue weighted by atomic mass is 10.0. The summed E-state index contributed by atoms with van der Waals surface area (Å²) in [6.45, 7) is 6.99. The number of benzene rings is 2. The molecule has 2 aromatic carbocycles. The topological polar surface area (TPSA) is 26.3 Å². The lowest BCUT2D eigenvalue weighted by Crippen LogP contribution is -2.08. The van der Waals surface area contributed by atoms with E-state index in [9.17, 15) is 9.18 Å². The van der Waals surface area contributed by atoms with Crippen molar-refractivity contribution in [2.24, 2.45) is 0 Å². The van der Waals surface area contributed by atoms with E-state index in [0.717, 1.165) is 11.1 Å². The summed E-state index contributed by atoms with van der Waals surface area (Å²) in [7, 11) is 0. The molecule has 0 fully saturated rings. The van der Waals surface area contributed by atoms with E-state index in [2.05, 4.69) is 6.58 Å². The molecule has 2 nitrogen and oxygen atoms in total. The molecule has 0 heterocycles. The van der Waals surface area contributed by atoms with E-state index in [1.54, 1.807) is 19.1 Å². The Morgan fingerprint density at radius 2 is 1.80 bits per heavy atom. The first-order valence-electron chi connectivity index (χ1n) is 6.21. The Morgan fingerprint density at radius 3 is 2.35 bits per heavy atom. The van der Waals surface area contributed by atoms with Crippen LogP contribution in [-0.2, 0) is 4.79 Å². The average molecular weight is 270 g/mol. The highest BCUT2D eigenvalue weighted by Crippen LogP contribution is 2.26. The van der Waals surface area contributed by atoms with Crippen LogP contribution in [0.25, 0.3) is 11.1 Å². The fourth-order valence-electron chi connectivity index (χ4n) is 1.72. The van der Waals surface area contributed by atoms with E-state index in [1.165, 1.54) is 6.07 Å². The zero-order valence-electron chi connectivity index (χ0n) is 11.4. The van der Waals surface area contributed by atoms with Crippen LogP contribution in [0.2, 0.25) is 0 Å². The minimum atomic E-state index is -0.563. The number of esters is 1. The van der Waals surface area contributed by atoms with E-state index in [-0.39, 0.29) is 11.3 Å². The van der Waals surface area contributed by atoms with Gasteiger partial charge in [-0.05, 0) is 31.5 Å². The molecule has 0 N–H and O–H groups in total. The third-order valence-electron chi connectivity index (χ3n) is 2.86. The number of carbonyl (C=O) groups excluding carboxylic acids is 1. The molecule has 0 amide bonds. The Labute approximate surface area is 117 Å². The summed E-state index contributed by atoms with van der Waals surface area (Å²) in [5.41, 5.74) is 2.64. The summed E-state index contributed by atoms with van der Waals surface area (Å²) in [6, 6.07) is 11.9. The monoisotopic (exact) mass is 270 g/mol. The van der Waals surface area contributed by atoms with Crippen LogP contribution in [0, 0.1) is 12.7 Å². The van der Waals surface area contributed by atoms with Gasteiger partial charge < -0.3 is 4.74 Å². The van der Waals surface area contributed by atoms with Crippen molar-refractivity contribution in [2.75, 3.05) is 0 Å². The number of carbonyl (C=O) groups is 1. The van der Waals surface area contributed by atoms with Crippen LogP contribution in [0.15, 0.2) is 54.6 Å². The molecular formula is C17H15FO2. The van der Waals surface area contributed by atoms with Crippen LogP contribution < -0.4 is 4.74 Å². The second kappa shape index (κ2) is 5.70. The van der Waals surface area contributed by atoms with Crippen molar-refractivity contribution >= 4 is 5.97 Å². The maximum absolute atomic E-state index is 14.1. The highest BCUT2D eigenvalue weighted by atomic mass is 19.1. The first-order chi connectivity index (χ1) is 9.47. The van der Waals surface area contributed by atoms with Gasteiger partial charge in [0.15, 0.2) is 0 Å². The number of hydrogen-bond acceptors (Lipinski definition) is 2. The minimum absolute atomic E-state index is 0.173. The maximum atomic E-state index is 14.1. The van der Waals surface area contributed by atoms with Crippen molar-refractivity contribution in [3.05, 3.63) is 66.0 Å². The van der Waals surface area contributed by atoms with Crippen LogP contribution in [0.5, 0.6) is 5.75 Å². The molecule has 0 bridgehead atoms. The molecule has 0 aliphatic rings. The Balaban J connectivity index is 2.28. The van der Waals surface area contributed by atoms with Crippen molar-refractivity contribution in [2.45, 2.75) is 13.8 Å². The highest BCUT2D eigenvalue weighted by Gasteiger charge is 2.10. The van der Waals surface area contributed by atoms with Crippen molar-refractivity contribution in [3.63, 3.8) is 0 Å². The number of rotatable bonds is 3. The lowest BCUT2D eigenvalue weighted by molar-refractivity contribution is -0.130. The predicted octanol–water partition coefficient (Wildman–Crippen LogP) is 4.28. The highest BCUT2D eigenvalue weighted by molar-refractivity contribution is 5.88. The zero-order chi connectivity index (χ0) is 14.7. The van der Waals surface area contributed by atoms with E-state index >= 15 is 0 Å². The van der Waals surface area contributed by atoms with Gasteiger partial charge in [0.1, 0.15) is 11.6 Å². The summed E-state index contributed by atoms with van der Waals surface area (Å²) >= 11 is 0. The largest absolute Gasteiger partial charge is 0.423 e. The number of ether oxygens (including phenoxy) is 1. The molecule has 0 saturated carbocycles. The van der Waals surface area contributed by atoms with E-state index < -0.39 is 11.8 Å². The quantitative estimate of drug-likeness (QED) is 0.472. The molecule has 0 unspecified atom stereocenters. The van der Waals surface area contributed by atoms with Gasteiger partial charge in [-0.15, -0.1) is 0 Å². The lowest BCUT2D eigenvalue weighted by Gasteiger charge is -2.07. The molecule has 0 aliphatic carbocycles. The standard InChI is InChI=1S/C17H15FO2/c1-11(2)17(19)20-14-8-9-15(16(18)10-14)13-6-4-12(3)5-7-13/h4-10H,1H2,2-3H3. The Kier molecular flexibility index (Phi) is 3.99. The zero-order valence-corrected chi connectivity index (χ0v) is 11.4. The maximum Gasteiger partial charge on any atom is 0.338 e. The third-order valence-corrected chi connectivity index (χ3v) is 2.86. The van der Waals surface area contributed by atoms with Crippen LogP contribution in [-0.4, -0.2) is 5.97 Å². The summed E-state index contributed by atoms with van der Waals surface area (Å²) in [5.74, 6) is -0.820. The number of halogens is 1. The van der Waals surface area contributed by atoms with Crippen molar-refractivity contribution in [3.8, 4) is 16.9 Å². The van der Waals surface area contributed by atoms with E-state index in [1.807, 2.05) is 31.2 Å². The van der Waals surface area contributed by atoms with Crippen LogP contribution in [0.1, 0.15) is 12.5 Å². The molecule has 3 heteroatoms. The molecule has 0 aromatic heterocycles. The van der Waals surface area contributed by atoms with Gasteiger partial charge in [0.05, 0.1) is 0 Å². The van der Waals surface area contributed by atoms with Gasteiger partial charge in [0, 0.05) is 17.2 Å². The normalized spacial score (nSPS) is 10.2. The summed E-state index contributed by atoms with van der Waals surface area (Å²) < 4.78 is 19.1. The molecule has 2 aromatic rings. The van der Waals surface area contributed by atoms with Gasteiger partial charge in [-0.1, -0.05) is 36.4 Å². The SMILES string of the molecule is C=C(C)C(=O)Oc1ccc(-c2ccc(C)cc2)c(F)c1. The number of hydrogen-bond donors (Lipinski definition) is 0. The van der Waals surface area contributed by atoms with Gasteiger partial charge in [0.25, 0.3) is 0 Å². The first-order valence-corrected chi connectivity index (χ1v) is 6.21. The van der Waals surface area contributed by atoms with Crippen LogP contribution in [0.3, 0.4) is 0 Å². The van der Waals surface area contributed by atoms with Gasteiger partial charge in [-0.3, -0.25) is 0 Å². The van der Waals surface area contributed by atoms with E-state index in [0.29, 0.717) is 5.56 Å². The molecule has 0 aliphatic heterocycles. The molecular weight excluding hydrogens is 255 g/mol. The summed E-state index contributed by atoms with van der Waals surface area (Å²) in [6.07, 6.45) is 0. The second-order valence-corrected chi connectivity index (χ2v) is 4.68. The Hall–Kier alpha value is -2.42. The van der Waals surface area contributed by atoms with Crippen LogP contribution >= 0.6 is 0 Å². The molecule has 0 spiro atoms. The minimum Gasteiger partial charge on any atom is -0.423 e.